The quantitative estimate of drug-likeness (QED) is 0.551. The normalized spacial score (nSPS) is 15.3. The largest absolute Gasteiger partial charge is 0.467 e. The molecule has 1 amide bonds. The maximum Gasteiger partial charge on any atom is 0.338 e. The van der Waals surface area contributed by atoms with Gasteiger partial charge in [0.2, 0.25) is 0 Å². The molecule has 1 aliphatic rings. The third-order valence-corrected chi connectivity index (χ3v) is 7.07. The van der Waals surface area contributed by atoms with Crippen LogP contribution in [-0.2, 0) is 32.5 Å². The Labute approximate surface area is 185 Å². The van der Waals surface area contributed by atoms with Gasteiger partial charge in [-0.3, -0.25) is 9.10 Å². The van der Waals surface area contributed by atoms with Gasteiger partial charge in [-0.15, -0.1) is 0 Å². The Morgan fingerprint density at radius 1 is 1.12 bits per heavy atom. The minimum absolute atomic E-state index is 0.0160. The molecule has 0 spiro atoms. The zero-order valence-electron chi connectivity index (χ0n) is 17.4. The fraction of sp³-hybridized carbons (Fsp3) is 0.217. The van der Waals surface area contributed by atoms with E-state index in [1.165, 1.54) is 34.8 Å². The molecule has 8 nitrogen and oxygen atoms in total. The number of sulfonamides is 1. The Hall–Kier alpha value is -3.59. The number of ether oxygens (including phenoxy) is 1. The first-order valence-electron chi connectivity index (χ1n) is 10.0. The second-order valence-electron chi connectivity index (χ2n) is 7.44. The highest BCUT2D eigenvalue weighted by molar-refractivity contribution is 7.92. The van der Waals surface area contributed by atoms with E-state index in [1.54, 1.807) is 24.3 Å². The molecule has 1 aromatic heterocycles. The molecule has 166 valence electrons. The first-order valence-corrected chi connectivity index (χ1v) is 11.5. The number of amides is 1. The van der Waals surface area contributed by atoms with Gasteiger partial charge in [0.1, 0.15) is 5.76 Å². The van der Waals surface area contributed by atoms with Crippen molar-refractivity contribution in [3.05, 3.63) is 83.8 Å². The number of anilines is 1. The van der Waals surface area contributed by atoms with E-state index >= 15 is 0 Å². The van der Waals surface area contributed by atoms with E-state index in [0.717, 1.165) is 5.56 Å². The van der Waals surface area contributed by atoms with Gasteiger partial charge in [-0.1, -0.05) is 24.3 Å². The zero-order valence-corrected chi connectivity index (χ0v) is 18.2. The summed E-state index contributed by atoms with van der Waals surface area (Å²) in [6, 6.07) is 16.2. The summed E-state index contributed by atoms with van der Waals surface area (Å²) < 4.78 is 38.2. The summed E-state index contributed by atoms with van der Waals surface area (Å²) in [4.78, 5) is 24.3. The van der Waals surface area contributed by atoms with Crippen LogP contribution in [0.4, 0.5) is 5.69 Å². The molecule has 0 unspecified atom stereocenters. The number of nitrogens with zero attached hydrogens (tertiary/aromatic N) is 1. The molecule has 2 heterocycles. The number of hydrogen-bond donors (Lipinski definition) is 1. The predicted octanol–water partition coefficient (Wildman–Crippen LogP) is 2.89. The fourth-order valence-corrected chi connectivity index (χ4v) is 5.40. The number of rotatable bonds is 7. The van der Waals surface area contributed by atoms with Crippen LogP contribution in [0.25, 0.3) is 0 Å². The zero-order chi connectivity index (χ0) is 22.7. The van der Waals surface area contributed by atoms with Crippen LogP contribution in [0, 0.1) is 0 Å². The highest BCUT2D eigenvalue weighted by Crippen LogP contribution is 2.36. The van der Waals surface area contributed by atoms with Gasteiger partial charge < -0.3 is 14.5 Å². The van der Waals surface area contributed by atoms with Crippen molar-refractivity contribution in [2.45, 2.75) is 30.8 Å². The molecule has 1 aliphatic heterocycles. The lowest BCUT2D eigenvalue weighted by molar-refractivity contribution is -0.124. The number of carbonyl (C=O) groups is 2. The maximum absolute atomic E-state index is 13.3. The highest BCUT2D eigenvalue weighted by atomic mass is 32.2. The van der Waals surface area contributed by atoms with Gasteiger partial charge in [0.05, 0.1) is 29.0 Å². The lowest BCUT2D eigenvalue weighted by Gasteiger charge is -2.24. The summed E-state index contributed by atoms with van der Waals surface area (Å²) in [5.41, 5.74) is 1.64. The molecule has 1 atom stereocenters. The molecule has 3 aromatic rings. The first kappa shape index (κ1) is 21.6. The molecule has 1 N–H and O–H groups in total. The van der Waals surface area contributed by atoms with Crippen LogP contribution in [0.15, 0.2) is 76.2 Å². The van der Waals surface area contributed by atoms with E-state index in [4.69, 9.17) is 9.15 Å². The third kappa shape index (κ3) is 4.38. The molecule has 0 saturated heterocycles. The van der Waals surface area contributed by atoms with E-state index < -0.39 is 28.5 Å². The average Bonchev–Trinajstić information content (AvgIpc) is 3.43. The van der Waals surface area contributed by atoms with Gasteiger partial charge >= 0.3 is 5.97 Å². The molecule has 9 heteroatoms. The van der Waals surface area contributed by atoms with Crippen LogP contribution >= 0.6 is 0 Å². The van der Waals surface area contributed by atoms with Crippen LogP contribution in [0.1, 0.15) is 28.6 Å². The van der Waals surface area contributed by atoms with Crippen LogP contribution in [0.2, 0.25) is 0 Å². The second kappa shape index (κ2) is 8.88. The van der Waals surface area contributed by atoms with Gasteiger partial charge in [0.25, 0.3) is 15.9 Å². The molecular weight excluding hydrogens is 432 g/mol. The number of furan rings is 1. The number of hydrogen-bond acceptors (Lipinski definition) is 6. The number of para-hydroxylation sites is 1. The molecule has 2 aromatic carbocycles. The molecule has 0 radical (unpaired) electrons. The van der Waals surface area contributed by atoms with Crippen LogP contribution in [-0.4, -0.2) is 32.9 Å². The Morgan fingerprint density at radius 2 is 1.94 bits per heavy atom. The van der Waals surface area contributed by atoms with Crippen molar-refractivity contribution in [2.24, 2.45) is 0 Å². The molecule has 0 bridgehead atoms. The van der Waals surface area contributed by atoms with E-state index in [9.17, 15) is 18.0 Å². The van der Waals surface area contributed by atoms with Crippen LogP contribution in [0.3, 0.4) is 0 Å². The number of fused-ring (bicyclic) bond motifs is 1. The topological polar surface area (TPSA) is 106 Å². The number of carbonyl (C=O) groups excluding carboxylic acids is 2. The minimum Gasteiger partial charge on any atom is -0.467 e. The number of benzene rings is 2. The summed E-state index contributed by atoms with van der Waals surface area (Å²) in [5, 5.41) is 2.57. The minimum atomic E-state index is -3.89. The van der Waals surface area contributed by atoms with Crippen molar-refractivity contribution in [2.75, 3.05) is 10.9 Å². The Bertz CT molecular complexity index is 1240. The summed E-state index contributed by atoms with van der Waals surface area (Å²) >= 11 is 0. The summed E-state index contributed by atoms with van der Waals surface area (Å²) in [6.45, 7) is 1.52. The molecule has 0 saturated carbocycles. The third-order valence-electron chi connectivity index (χ3n) is 5.15. The molecule has 4 rings (SSSR count). The van der Waals surface area contributed by atoms with Gasteiger partial charge in [0.15, 0.2) is 6.61 Å². The molecular formula is C23H22N2O6S. The standard InChI is InChI=1S/C23H22N2O6S/c1-16-12-17-6-2-3-10-21(17)25(16)32(28,29)20-9-4-7-18(13-20)23(27)31-15-22(26)24-14-19-8-5-11-30-19/h2-11,13,16H,12,14-15H2,1H3,(H,24,26)/t16-/m1/s1. The van der Waals surface area contributed by atoms with Crippen molar-refractivity contribution in [1.29, 1.82) is 0 Å². The Morgan fingerprint density at radius 3 is 2.72 bits per heavy atom. The van der Waals surface area contributed by atoms with Crippen LogP contribution < -0.4 is 9.62 Å². The first-order chi connectivity index (χ1) is 15.4. The average molecular weight is 455 g/mol. The Balaban J connectivity index is 1.45. The Kier molecular flexibility index (Phi) is 6.00. The lowest BCUT2D eigenvalue weighted by atomic mass is 10.1. The molecule has 32 heavy (non-hydrogen) atoms. The second-order valence-corrected chi connectivity index (χ2v) is 9.26. The van der Waals surface area contributed by atoms with Crippen molar-refractivity contribution < 1.29 is 27.2 Å². The SMILES string of the molecule is C[C@@H]1Cc2ccccc2N1S(=O)(=O)c1cccc(C(=O)OCC(=O)NCc2ccco2)c1. The van der Waals surface area contributed by atoms with E-state index in [2.05, 4.69) is 5.32 Å². The van der Waals surface area contributed by atoms with Crippen LogP contribution in [0.5, 0.6) is 0 Å². The molecule has 0 fully saturated rings. The predicted molar refractivity (Wildman–Crippen MR) is 117 cm³/mol. The fourth-order valence-electron chi connectivity index (χ4n) is 3.66. The smallest absolute Gasteiger partial charge is 0.338 e. The van der Waals surface area contributed by atoms with Crippen molar-refractivity contribution >= 4 is 27.6 Å². The van der Waals surface area contributed by atoms with Gasteiger partial charge in [-0.25, -0.2) is 13.2 Å². The number of esters is 1. The van der Waals surface area contributed by atoms with Gasteiger partial charge in [-0.05, 0) is 55.3 Å². The van der Waals surface area contributed by atoms with E-state index in [-0.39, 0.29) is 23.0 Å². The van der Waals surface area contributed by atoms with Gasteiger partial charge in [-0.2, -0.15) is 0 Å². The van der Waals surface area contributed by atoms with Gasteiger partial charge in [0, 0.05) is 6.04 Å². The highest BCUT2D eigenvalue weighted by Gasteiger charge is 2.36. The van der Waals surface area contributed by atoms with Crippen molar-refractivity contribution in [3.63, 3.8) is 0 Å². The van der Waals surface area contributed by atoms with Crippen molar-refractivity contribution in [1.82, 2.24) is 5.32 Å². The maximum atomic E-state index is 13.3. The van der Waals surface area contributed by atoms with E-state index in [1.807, 2.05) is 19.1 Å². The number of nitrogens with one attached hydrogen (secondary N) is 1. The summed E-state index contributed by atoms with van der Waals surface area (Å²) in [5.74, 6) is -0.716. The molecule has 0 aliphatic carbocycles. The van der Waals surface area contributed by atoms with E-state index in [0.29, 0.717) is 17.9 Å². The lowest BCUT2D eigenvalue weighted by Crippen LogP contribution is -2.35. The monoisotopic (exact) mass is 454 g/mol. The summed E-state index contributed by atoms with van der Waals surface area (Å²) in [6.07, 6.45) is 2.11. The van der Waals surface area contributed by atoms with Crippen molar-refractivity contribution in [3.8, 4) is 0 Å². The summed E-state index contributed by atoms with van der Waals surface area (Å²) in [7, 11) is -3.89.